The molecule has 0 spiro atoms. The molecule has 0 N–H and O–H groups in total. The van der Waals surface area contributed by atoms with Crippen LogP contribution >= 0.6 is 0 Å². The Morgan fingerprint density at radius 3 is 1.90 bits per heavy atom. The maximum Gasteiger partial charge on any atom is 0.227 e. The summed E-state index contributed by atoms with van der Waals surface area (Å²) in [6.07, 6.45) is 0. The topological polar surface area (TPSA) is 47.3 Å². The highest BCUT2D eigenvalue weighted by molar-refractivity contribution is 6.15. The molecule has 0 radical (unpaired) electrons. The van der Waals surface area contributed by atoms with Gasteiger partial charge in [-0.25, -0.2) is 4.98 Å². The summed E-state index contributed by atoms with van der Waals surface area (Å²) in [7, 11) is 0. The first-order valence-electron chi connectivity index (χ1n) is 20.2. The van der Waals surface area contributed by atoms with E-state index < -0.39 is 0 Å². The molecule has 5 heteroatoms. The number of oxazole rings is 1. The van der Waals surface area contributed by atoms with Gasteiger partial charge >= 0.3 is 0 Å². The monoisotopic (exact) mass is 769 g/mol. The van der Waals surface area contributed by atoms with Crippen LogP contribution in [0.2, 0.25) is 0 Å². The smallest absolute Gasteiger partial charge is 0.227 e. The fraction of sp³-hybridized carbons (Fsp3) is 0. The summed E-state index contributed by atoms with van der Waals surface area (Å²) in [6.45, 7) is 0. The van der Waals surface area contributed by atoms with Crippen LogP contribution in [-0.2, 0) is 0 Å². The minimum Gasteiger partial charge on any atom is -0.455 e. The van der Waals surface area contributed by atoms with E-state index in [1.54, 1.807) is 0 Å². The number of fused-ring (bicyclic) bond motifs is 7. The number of anilines is 3. The van der Waals surface area contributed by atoms with Gasteiger partial charge < -0.3 is 18.3 Å². The summed E-state index contributed by atoms with van der Waals surface area (Å²) in [4.78, 5) is 7.23. The van der Waals surface area contributed by atoms with Crippen molar-refractivity contribution in [2.24, 2.45) is 0 Å². The lowest BCUT2D eigenvalue weighted by Crippen LogP contribution is -2.11. The summed E-state index contributed by atoms with van der Waals surface area (Å²) in [5.41, 5.74) is 15.1. The Kier molecular flexibility index (Phi) is 7.78. The van der Waals surface area contributed by atoms with Gasteiger partial charge in [0.1, 0.15) is 16.7 Å². The number of aromatic nitrogens is 2. The van der Waals surface area contributed by atoms with Crippen LogP contribution in [0.15, 0.2) is 221 Å². The van der Waals surface area contributed by atoms with Crippen LogP contribution in [-0.4, -0.2) is 9.55 Å². The lowest BCUT2D eigenvalue weighted by atomic mass is 10.0. The molecule has 60 heavy (non-hydrogen) atoms. The number of benzene rings is 9. The third-order valence-electron chi connectivity index (χ3n) is 11.6. The third kappa shape index (κ3) is 5.52. The summed E-state index contributed by atoms with van der Waals surface area (Å²) in [6, 6.07) is 74.7. The maximum atomic E-state index is 6.66. The van der Waals surface area contributed by atoms with Crippen LogP contribution in [0.5, 0.6) is 0 Å². The SMILES string of the molecule is c1ccc(-c2cccc(N(c3ccc(-c4cccc5c4oc4cc6oc(-c7ccccc7)nc6cc45)cc3)c3cccc4c5ccccc5n(-c5ccccc5)c34)c2)cc1. The highest BCUT2D eigenvalue weighted by Gasteiger charge is 2.23. The molecule has 9 aromatic carbocycles. The molecule has 3 aromatic heterocycles. The van der Waals surface area contributed by atoms with Gasteiger partial charge in [0.15, 0.2) is 5.58 Å². The van der Waals surface area contributed by atoms with Crippen molar-refractivity contribution in [1.29, 1.82) is 0 Å². The van der Waals surface area contributed by atoms with Crippen LogP contribution in [0, 0.1) is 0 Å². The Hall–Kier alpha value is -8.15. The van der Waals surface area contributed by atoms with Gasteiger partial charge in [-0.15, -0.1) is 0 Å². The Labute approximate surface area is 345 Å². The lowest BCUT2D eigenvalue weighted by molar-refractivity contribution is 0.617. The minimum atomic E-state index is 0.599. The van der Waals surface area contributed by atoms with E-state index in [9.17, 15) is 0 Å². The van der Waals surface area contributed by atoms with Gasteiger partial charge in [-0.2, -0.15) is 0 Å². The second-order valence-corrected chi connectivity index (χ2v) is 15.1. The molecule has 3 heterocycles. The molecule has 0 unspecified atom stereocenters. The fourth-order valence-electron chi connectivity index (χ4n) is 8.85. The minimum absolute atomic E-state index is 0.599. The second kappa shape index (κ2) is 13.8. The van der Waals surface area contributed by atoms with Gasteiger partial charge in [0, 0.05) is 55.8 Å². The van der Waals surface area contributed by atoms with Crippen LogP contribution in [0.3, 0.4) is 0 Å². The molecule has 0 saturated heterocycles. The number of para-hydroxylation sites is 4. The first kappa shape index (κ1) is 33.9. The van der Waals surface area contributed by atoms with Gasteiger partial charge in [0.2, 0.25) is 5.89 Å². The molecule has 0 fully saturated rings. The molecule has 12 aromatic rings. The average Bonchev–Trinajstić information content (AvgIpc) is 4.01. The molecule has 0 atom stereocenters. The third-order valence-corrected chi connectivity index (χ3v) is 11.6. The van der Waals surface area contributed by atoms with Gasteiger partial charge in [-0.3, -0.25) is 0 Å². The van der Waals surface area contributed by atoms with Crippen LogP contribution in [0.25, 0.3) is 94.2 Å². The van der Waals surface area contributed by atoms with Crippen molar-refractivity contribution in [3.63, 3.8) is 0 Å². The van der Waals surface area contributed by atoms with Gasteiger partial charge in [-0.05, 0) is 83.4 Å². The predicted molar refractivity (Wildman–Crippen MR) is 247 cm³/mol. The van der Waals surface area contributed by atoms with E-state index in [2.05, 4.69) is 185 Å². The Morgan fingerprint density at radius 2 is 1.08 bits per heavy atom. The van der Waals surface area contributed by atoms with E-state index in [1.807, 2.05) is 36.4 Å². The lowest BCUT2D eigenvalue weighted by Gasteiger charge is -2.28. The molecule has 0 aliphatic rings. The largest absolute Gasteiger partial charge is 0.455 e. The molecule has 0 saturated carbocycles. The number of hydrogen-bond acceptors (Lipinski definition) is 4. The van der Waals surface area contributed by atoms with Crippen molar-refractivity contribution in [1.82, 2.24) is 9.55 Å². The number of furan rings is 1. The summed E-state index contributed by atoms with van der Waals surface area (Å²) in [5, 5.41) is 4.46. The Morgan fingerprint density at radius 1 is 0.417 bits per heavy atom. The molecule has 5 nitrogen and oxygen atoms in total. The Bertz CT molecular complexity index is 3530. The van der Waals surface area contributed by atoms with Crippen molar-refractivity contribution >= 4 is 71.9 Å². The number of hydrogen-bond donors (Lipinski definition) is 0. The van der Waals surface area contributed by atoms with E-state index in [0.29, 0.717) is 11.5 Å². The van der Waals surface area contributed by atoms with Gasteiger partial charge in [0.25, 0.3) is 0 Å². The van der Waals surface area contributed by atoms with Crippen molar-refractivity contribution in [3.05, 3.63) is 212 Å². The van der Waals surface area contributed by atoms with Gasteiger partial charge in [-0.1, -0.05) is 140 Å². The highest BCUT2D eigenvalue weighted by Crippen LogP contribution is 2.45. The zero-order valence-electron chi connectivity index (χ0n) is 32.4. The maximum absolute atomic E-state index is 6.66. The molecule has 0 aliphatic heterocycles. The molecular weight excluding hydrogens is 735 g/mol. The molecule has 12 rings (SSSR count). The van der Waals surface area contributed by atoms with Crippen molar-refractivity contribution in [3.8, 4) is 39.4 Å². The highest BCUT2D eigenvalue weighted by atomic mass is 16.4. The molecule has 0 amide bonds. The summed E-state index contributed by atoms with van der Waals surface area (Å²) < 4.78 is 15.3. The van der Waals surface area contributed by atoms with Crippen LogP contribution < -0.4 is 4.90 Å². The van der Waals surface area contributed by atoms with E-state index in [0.717, 1.165) is 78.0 Å². The van der Waals surface area contributed by atoms with Crippen molar-refractivity contribution in [2.45, 2.75) is 0 Å². The fourth-order valence-corrected chi connectivity index (χ4v) is 8.85. The first-order chi connectivity index (χ1) is 29.7. The van der Waals surface area contributed by atoms with Crippen molar-refractivity contribution in [2.75, 3.05) is 4.90 Å². The number of nitrogens with zero attached hydrogens (tertiary/aromatic N) is 3. The molecule has 0 bridgehead atoms. The normalized spacial score (nSPS) is 11.7. The quantitative estimate of drug-likeness (QED) is 0.162. The van der Waals surface area contributed by atoms with Crippen molar-refractivity contribution < 1.29 is 8.83 Å². The molecular formula is C55H35N3O2. The average molecular weight is 770 g/mol. The van der Waals surface area contributed by atoms with Crippen LogP contribution in [0.1, 0.15) is 0 Å². The van der Waals surface area contributed by atoms with E-state index in [-0.39, 0.29) is 0 Å². The zero-order valence-corrected chi connectivity index (χ0v) is 32.4. The van der Waals surface area contributed by atoms with E-state index in [4.69, 9.17) is 13.8 Å². The summed E-state index contributed by atoms with van der Waals surface area (Å²) in [5.74, 6) is 0.599. The van der Waals surface area contributed by atoms with Crippen LogP contribution in [0.4, 0.5) is 17.1 Å². The van der Waals surface area contributed by atoms with E-state index >= 15 is 0 Å². The second-order valence-electron chi connectivity index (χ2n) is 15.1. The first-order valence-corrected chi connectivity index (χ1v) is 20.2. The molecule has 282 valence electrons. The standard InChI is InChI=1S/C55H35N3O2/c1-4-15-36(16-5-1)39-19-12-22-42(33-39)57(50-28-14-25-45-44-23-10-11-27-49(44)58(53(45)50)40-20-8-3-9-21-40)41-31-29-37(30-32-41)43-24-13-26-46-47-34-48-52(35-51(47)59-54(43)46)60-55(56-48)38-17-6-2-7-18-38/h1-35H. The predicted octanol–water partition coefficient (Wildman–Crippen LogP) is 15.3. The van der Waals surface area contributed by atoms with E-state index in [1.165, 1.54) is 21.9 Å². The zero-order chi connectivity index (χ0) is 39.6. The van der Waals surface area contributed by atoms with Gasteiger partial charge in [0.05, 0.1) is 16.7 Å². The number of rotatable bonds is 7. The Balaban J connectivity index is 1.02. The molecule has 0 aliphatic carbocycles. The summed E-state index contributed by atoms with van der Waals surface area (Å²) >= 11 is 0.